The lowest BCUT2D eigenvalue weighted by Crippen LogP contribution is -2.45. The highest BCUT2D eigenvalue weighted by atomic mass is 16.2. The third-order valence-corrected chi connectivity index (χ3v) is 3.85. The molecule has 0 aliphatic heterocycles. The molecule has 23 heavy (non-hydrogen) atoms. The highest BCUT2D eigenvalue weighted by Gasteiger charge is 2.20. The average molecular weight is 312 g/mol. The van der Waals surface area contributed by atoms with Crippen LogP contribution >= 0.6 is 0 Å². The van der Waals surface area contributed by atoms with Gasteiger partial charge in [0.2, 0.25) is 5.91 Å². The first-order valence-corrected chi connectivity index (χ1v) is 7.39. The van der Waals surface area contributed by atoms with Crippen molar-refractivity contribution in [3.05, 3.63) is 52.5 Å². The van der Waals surface area contributed by atoms with Crippen molar-refractivity contribution in [3.8, 4) is 0 Å². The molecule has 7 nitrogen and oxygen atoms in total. The Hall–Kier alpha value is -2.96. The molecule has 0 saturated heterocycles. The highest BCUT2D eigenvalue weighted by Crippen LogP contribution is 2.17. The van der Waals surface area contributed by atoms with Gasteiger partial charge in [-0.15, -0.1) is 0 Å². The van der Waals surface area contributed by atoms with Crippen LogP contribution in [0.3, 0.4) is 0 Å². The van der Waals surface area contributed by atoms with E-state index in [-0.39, 0.29) is 23.1 Å². The largest absolute Gasteiger partial charge is 0.290 e. The van der Waals surface area contributed by atoms with Crippen LogP contribution < -0.4 is 16.4 Å². The minimum atomic E-state index is -0.572. The van der Waals surface area contributed by atoms with Crippen LogP contribution in [0.1, 0.15) is 29.8 Å². The molecule has 2 aromatic rings. The van der Waals surface area contributed by atoms with E-state index in [0.717, 1.165) is 12.8 Å². The van der Waals surface area contributed by atoms with Crippen molar-refractivity contribution in [2.45, 2.75) is 19.3 Å². The summed E-state index contributed by atoms with van der Waals surface area (Å²) in [5, 5.41) is 6.88. The van der Waals surface area contributed by atoms with Crippen LogP contribution in [-0.2, 0) is 4.79 Å². The Morgan fingerprint density at radius 1 is 1.13 bits per heavy atom. The van der Waals surface area contributed by atoms with Crippen molar-refractivity contribution >= 4 is 22.6 Å². The first kappa shape index (κ1) is 15.0. The number of aromatic nitrogens is 2. The van der Waals surface area contributed by atoms with E-state index < -0.39 is 5.91 Å². The molecule has 1 unspecified atom stereocenters. The van der Waals surface area contributed by atoms with Crippen LogP contribution in [0.15, 0.2) is 41.2 Å². The lowest BCUT2D eigenvalue weighted by molar-refractivity contribution is -0.126. The van der Waals surface area contributed by atoms with E-state index in [1.165, 1.54) is 0 Å². The van der Waals surface area contributed by atoms with Crippen molar-refractivity contribution < 1.29 is 9.59 Å². The van der Waals surface area contributed by atoms with Gasteiger partial charge in [0.15, 0.2) is 5.69 Å². The Bertz CT molecular complexity index is 841. The van der Waals surface area contributed by atoms with Crippen LogP contribution in [0, 0.1) is 5.92 Å². The summed E-state index contributed by atoms with van der Waals surface area (Å²) in [4.78, 5) is 35.9. The third kappa shape index (κ3) is 3.13. The molecule has 0 spiro atoms. The Labute approximate surface area is 131 Å². The van der Waals surface area contributed by atoms with Crippen LogP contribution in [0.2, 0.25) is 0 Å². The maximum Gasteiger partial charge on any atom is 0.290 e. The van der Waals surface area contributed by atoms with Crippen molar-refractivity contribution in [2.24, 2.45) is 5.92 Å². The van der Waals surface area contributed by atoms with Gasteiger partial charge in [-0.2, -0.15) is 5.10 Å². The summed E-state index contributed by atoms with van der Waals surface area (Å²) in [5.41, 5.74) is 4.48. The summed E-state index contributed by atoms with van der Waals surface area (Å²) in [6, 6.07) is 6.67. The summed E-state index contributed by atoms with van der Waals surface area (Å²) in [6.07, 6.45) is 6.29. The number of hydrazine groups is 1. The Morgan fingerprint density at radius 3 is 2.65 bits per heavy atom. The minimum Gasteiger partial charge on any atom is -0.273 e. The Balaban J connectivity index is 1.74. The van der Waals surface area contributed by atoms with Crippen molar-refractivity contribution in [3.63, 3.8) is 0 Å². The number of carbonyl (C=O) groups excluding carboxylic acids is 2. The average Bonchev–Trinajstić information content (AvgIpc) is 2.60. The molecular formula is C16H16N4O3. The van der Waals surface area contributed by atoms with Gasteiger partial charge >= 0.3 is 0 Å². The molecule has 3 N–H and O–H groups in total. The van der Waals surface area contributed by atoms with Crippen LogP contribution in [0.5, 0.6) is 0 Å². The molecule has 0 saturated carbocycles. The maximum atomic E-state index is 12.2. The molecule has 0 radical (unpaired) electrons. The molecule has 1 aromatic carbocycles. The van der Waals surface area contributed by atoms with Crippen LogP contribution in [0.25, 0.3) is 10.8 Å². The number of carbonyl (C=O) groups is 2. The third-order valence-electron chi connectivity index (χ3n) is 3.85. The number of hydrogen-bond donors (Lipinski definition) is 3. The van der Waals surface area contributed by atoms with Crippen LogP contribution in [-0.4, -0.2) is 22.0 Å². The fraction of sp³-hybridized carbons (Fsp3) is 0.250. The smallest absolute Gasteiger partial charge is 0.273 e. The second kappa shape index (κ2) is 6.43. The molecule has 118 valence electrons. The maximum absolute atomic E-state index is 12.2. The molecule has 1 atom stereocenters. The van der Waals surface area contributed by atoms with Crippen LogP contribution in [0.4, 0.5) is 0 Å². The number of H-pyrrole nitrogens is 1. The Kier molecular flexibility index (Phi) is 4.18. The molecule has 1 aliphatic rings. The SMILES string of the molecule is O=C(NNC(=O)C1CC=CCC1)c1n[nH]c(=O)c2ccccc12. The van der Waals surface area contributed by atoms with Crippen molar-refractivity contribution in [2.75, 3.05) is 0 Å². The van der Waals surface area contributed by atoms with Gasteiger partial charge in [-0.25, -0.2) is 5.10 Å². The number of fused-ring (bicyclic) bond motifs is 1. The van der Waals surface area contributed by atoms with E-state index in [9.17, 15) is 14.4 Å². The van der Waals surface area contributed by atoms with Gasteiger partial charge in [0.25, 0.3) is 11.5 Å². The minimum absolute atomic E-state index is 0.0593. The predicted molar refractivity (Wildman–Crippen MR) is 84.5 cm³/mol. The molecule has 1 aliphatic carbocycles. The zero-order valence-electron chi connectivity index (χ0n) is 12.3. The van der Waals surface area contributed by atoms with Crippen molar-refractivity contribution in [1.82, 2.24) is 21.0 Å². The highest BCUT2D eigenvalue weighted by molar-refractivity contribution is 6.05. The fourth-order valence-electron chi connectivity index (χ4n) is 2.60. The summed E-state index contributed by atoms with van der Waals surface area (Å²) >= 11 is 0. The van der Waals surface area contributed by atoms with Gasteiger partial charge in [-0.1, -0.05) is 30.4 Å². The van der Waals surface area contributed by atoms with Gasteiger partial charge in [0, 0.05) is 11.3 Å². The molecule has 1 heterocycles. The van der Waals surface area contributed by atoms with E-state index in [4.69, 9.17) is 0 Å². The molecule has 3 rings (SSSR count). The van der Waals surface area contributed by atoms with E-state index in [2.05, 4.69) is 21.0 Å². The lowest BCUT2D eigenvalue weighted by Gasteiger charge is -2.17. The molecule has 7 heteroatoms. The second-order valence-electron chi connectivity index (χ2n) is 5.37. The van der Waals surface area contributed by atoms with E-state index in [0.29, 0.717) is 17.2 Å². The van der Waals surface area contributed by atoms with E-state index in [1.807, 2.05) is 12.2 Å². The molecule has 0 fully saturated rings. The molecule has 0 bridgehead atoms. The first-order valence-electron chi connectivity index (χ1n) is 7.39. The molecular weight excluding hydrogens is 296 g/mol. The molecule has 2 amide bonds. The van der Waals surface area contributed by atoms with Gasteiger partial charge in [0.05, 0.1) is 5.39 Å². The zero-order valence-corrected chi connectivity index (χ0v) is 12.3. The molecule has 1 aromatic heterocycles. The predicted octanol–water partition coefficient (Wildman–Crippen LogP) is 1.04. The quantitative estimate of drug-likeness (QED) is 0.569. The fourth-order valence-corrected chi connectivity index (χ4v) is 2.60. The normalized spacial score (nSPS) is 17.0. The van der Waals surface area contributed by atoms with Gasteiger partial charge in [-0.05, 0) is 25.3 Å². The number of hydrogen-bond acceptors (Lipinski definition) is 4. The Morgan fingerprint density at radius 2 is 1.91 bits per heavy atom. The summed E-state index contributed by atoms with van der Waals surface area (Å²) in [5.74, 6) is -0.936. The number of aromatic amines is 1. The number of nitrogens with zero attached hydrogens (tertiary/aromatic N) is 1. The van der Waals surface area contributed by atoms with Gasteiger partial charge < -0.3 is 0 Å². The number of allylic oxidation sites excluding steroid dienone is 2. The summed E-state index contributed by atoms with van der Waals surface area (Å²) in [7, 11) is 0. The van der Waals surface area contributed by atoms with Crippen molar-refractivity contribution in [1.29, 1.82) is 0 Å². The van der Waals surface area contributed by atoms with Gasteiger partial charge in [0.1, 0.15) is 0 Å². The summed E-state index contributed by atoms with van der Waals surface area (Å²) in [6.45, 7) is 0. The summed E-state index contributed by atoms with van der Waals surface area (Å²) < 4.78 is 0. The monoisotopic (exact) mass is 312 g/mol. The standard InChI is InChI=1S/C16H16N4O3/c21-14(10-6-2-1-3-7-10)18-20-16(23)13-11-8-4-5-9-12(11)15(22)19-17-13/h1-2,4-5,8-10H,3,6-7H2,(H,18,21)(H,19,22)(H,20,23). The van der Waals surface area contributed by atoms with E-state index in [1.54, 1.807) is 24.3 Å². The number of rotatable bonds is 2. The first-order chi connectivity index (χ1) is 11.2. The second-order valence-corrected chi connectivity index (χ2v) is 5.37. The topological polar surface area (TPSA) is 104 Å². The zero-order chi connectivity index (χ0) is 16.2. The number of benzene rings is 1. The van der Waals surface area contributed by atoms with Gasteiger partial charge in [-0.3, -0.25) is 25.2 Å². The number of amides is 2. The lowest BCUT2D eigenvalue weighted by atomic mass is 9.94. The number of nitrogens with one attached hydrogen (secondary N) is 3. The van der Waals surface area contributed by atoms with E-state index >= 15 is 0 Å².